The van der Waals surface area contributed by atoms with Crippen LogP contribution in [0.2, 0.25) is 0 Å². The van der Waals surface area contributed by atoms with Gasteiger partial charge < -0.3 is 116 Å². The normalized spacial score (nSPS) is 13.8. The highest BCUT2D eigenvalue weighted by atomic mass is 31.2. The zero-order valence-electron chi connectivity index (χ0n) is 76.0. The third-order valence-electron chi connectivity index (χ3n) is 18.4. The predicted molar refractivity (Wildman–Crippen MR) is 486 cm³/mol. The van der Waals surface area contributed by atoms with E-state index in [0.717, 1.165) is 32.8 Å². The van der Waals surface area contributed by atoms with Gasteiger partial charge in [-0.15, -0.1) is 0 Å². The standard InChI is InChI=1S/C22H27FN5O8P.C21H27FN5O8P.C20H25FN5O8P.C18H21FN5O8P/c23-16-5-3-4-15(10-16)11-34-37(31,35-13-33-22(30)36-17-6-1-2-7-17)14-32-9-8-28-12-25-18-19(28)26-21(24)27-20(18)29;1-14(2)9-32-21(29)33-12-35-36(30,34-10-15-4-3-5-16(22)8-15)13-31-7-6-27-11-24-17-18(27)25-20(23)26-19(17)28;1-13(2)34-20(28)31-11-33-35(29,32-9-14-4-3-5-15(21)8-14)12-30-7-6-26-10-23-16-17(26)24-19(22)25-18(16)27;1-28-18(26)30-10-32-33(27,31-8-12-3-2-4-13(19)7-12)11-29-6-5-24-9-21-14-15(24)22-17(20)23-16(14)25/h3-5,10,12,17H,1-2,6-9,11,13-14H2,(H3,24,26,27,29);3-5,8,11,14H,6-7,9-10,12-13H2,1-2H3,(H3,23,25,26,28);3-5,8,10,13H,6-7,9,11-12H2,1-2H3,(H3,22,24,25,27);2-4,7,9H,5-6,8,10-11H2,1H3,(H3,20,22,23,25). The lowest BCUT2D eigenvalue weighted by Gasteiger charge is -2.19. The molecule has 764 valence electrons. The molecule has 4 atom stereocenters. The van der Waals surface area contributed by atoms with Crippen LogP contribution in [-0.4, -0.2) is 208 Å². The summed E-state index contributed by atoms with van der Waals surface area (Å²) in [4.78, 5) is 135. The van der Waals surface area contributed by atoms with Crippen LogP contribution in [0.5, 0.6) is 0 Å². The van der Waals surface area contributed by atoms with Gasteiger partial charge in [-0.25, -0.2) is 56.7 Å². The highest BCUT2D eigenvalue weighted by Crippen LogP contribution is 2.52. The fraction of sp³-hybridized carbons (Fsp3) is 0.407. The first-order valence-corrected chi connectivity index (χ1v) is 49.1. The summed E-state index contributed by atoms with van der Waals surface area (Å²) < 4.78 is 215. The molecule has 0 bridgehead atoms. The Bertz CT molecular complexity index is 6640. The molecule has 4 unspecified atom stereocenters. The second kappa shape index (κ2) is 53.9. The number of aromatic amines is 4. The summed E-state index contributed by atoms with van der Waals surface area (Å²) in [5, 5.41) is 0. The molecule has 1 aliphatic rings. The molecule has 0 spiro atoms. The van der Waals surface area contributed by atoms with Crippen molar-refractivity contribution in [3.8, 4) is 0 Å². The summed E-state index contributed by atoms with van der Waals surface area (Å²) in [6, 6.07) is 22.1. The molecule has 8 aromatic heterocycles. The van der Waals surface area contributed by atoms with Crippen molar-refractivity contribution in [2.45, 2.75) is 118 Å². The Balaban J connectivity index is 0.000000194. The highest BCUT2D eigenvalue weighted by molar-refractivity contribution is 7.54. The number of nitrogen functional groups attached to an aromatic ring is 4. The summed E-state index contributed by atoms with van der Waals surface area (Å²) in [6.07, 6.45) is 2.45. The van der Waals surface area contributed by atoms with Gasteiger partial charge in [0, 0.05) is 26.2 Å². The van der Waals surface area contributed by atoms with Crippen LogP contribution in [0.1, 0.15) is 75.6 Å². The Hall–Kier alpha value is -13.3. The minimum Gasteiger partial charge on any atom is -0.438 e. The maximum atomic E-state index is 13.5. The van der Waals surface area contributed by atoms with Gasteiger partial charge in [-0.3, -0.25) is 75.5 Å². The topological polar surface area (TPSA) is 680 Å². The van der Waals surface area contributed by atoms with Crippen molar-refractivity contribution < 1.29 is 148 Å². The molecule has 13 rings (SSSR count). The zero-order valence-corrected chi connectivity index (χ0v) is 79.6. The van der Waals surface area contributed by atoms with Crippen LogP contribution >= 0.6 is 30.4 Å². The molecular formula is C81H100F4N20O32P4. The lowest BCUT2D eigenvalue weighted by molar-refractivity contribution is -0.0215. The summed E-state index contributed by atoms with van der Waals surface area (Å²) in [5.74, 6) is -2.09. The van der Waals surface area contributed by atoms with Crippen LogP contribution in [0.25, 0.3) is 44.7 Å². The van der Waals surface area contributed by atoms with Crippen molar-refractivity contribution in [2.75, 3.05) is 116 Å². The van der Waals surface area contributed by atoms with E-state index in [-0.39, 0.29) is 166 Å². The number of imidazole rings is 4. The number of nitrogens with zero attached hydrogens (tertiary/aromatic N) is 12. The third-order valence-corrected chi connectivity index (χ3v) is 24.5. The van der Waals surface area contributed by atoms with Gasteiger partial charge in [0.2, 0.25) is 51.0 Å². The lowest BCUT2D eigenvalue weighted by Crippen LogP contribution is -2.17. The van der Waals surface area contributed by atoms with Crippen LogP contribution in [0, 0.1) is 29.2 Å². The second-order valence-corrected chi connectivity index (χ2v) is 38.1. The van der Waals surface area contributed by atoms with Crippen molar-refractivity contribution in [3.05, 3.63) is 209 Å². The Morgan fingerprint density at radius 3 is 0.943 bits per heavy atom. The molecular weight excluding hydrogens is 1960 g/mol. The van der Waals surface area contributed by atoms with E-state index in [1.165, 1.54) is 112 Å². The minimum atomic E-state index is -3.96. The van der Waals surface area contributed by atoms with E-state index in [1.807, 2.05) is 13.8 Å². The Kier molecular flexibility index (Phi) is 42.0. The largest absolute Gasteiger partial charge is 0.510 e. The zero-order chi connectivity index (χ0) is 102. The SMILES string of the molecule is CC(C)COC(=O)OCOP(=O)(COCCn1cnc2c(=O)[nH]c(N)nc21)OCc1cccc(F)c1.CC(C)OC(=O)OCOP(=O)(COCCn1cnc2c(=O)[nH]c(N)nc21)OCc1cccc(F)c1.COC(=O)OCOP(=O)(COCCn1cnc2c(=O)[nH]c(N)nc21)OCc1cccc(F)c1.Nc1nc2c(ncn2CCOCP(=O)(OCOC(=O)OC2CCCC2)OCc2cccc(F)c2)c(=O)[nH]1. The van der Waals surface area contributed by atoms with Crippen LogP contribution in [0.3, 0.4) is 0 Å². The molecule has 0 amide bonds. The number of ether oxygens (including phenoxy) is 12. The fourth-order valence-electron chi connectivity index (χ4n) is 11.9. The van der Waals surface area contributed by atoms with Gasteiger partial charge in [0.05, 0.1) is 98.0 Å². The van der Waals surface area contributed by atoms with E-state index in [1.54, 1.807) is 42.7 Å². The summed E-state index contributed by atoms with van der Waals surface area (Å²) >= 11 is 0. The van der Waals surface area contributed by atoms with E-state index in [4.69, 9.17) is 106 Å². The van der Waals surface area contributed by atoms with E-state index in [9.17, 15) is 74.2 Å². The molecule has 0 saturated heterocycles. The van der Waals surface area contributed by atoms with Crippen molar-refractivity contribution in [1.82, 2.24) is 78.1 Å². The average Bonchev–Trinajstić information content (AvgIpc) is 1.68. The number of benzene rings is 4. The number of carbonyl (C=O) groups excluding carboxylic acids is 4. The highest BCUT2D eigenvalue weighted by Gasteiger charge is 2.33. The quantitative estimate of drug-likeness (QED) is 0.00438. The molecule has 1 saturated carbocycles. The van der Waals surface area contributed by atoms with E-state index >= 15 is 0 Å². The van der Waals surface area contributed by atoms with E-state index in [2.05, 4.69) is 69.3 Å². The molecule has 4 aromatic carbocycles. The first-order valence-electron chi connectivity index (χ1n) is 42.2. The second-order valence-electron chi connectivity index (χ2n) is 30.1. The number of H-pyrrole nitrogens is 4. The first-order chi connectivity index (χ1) is 67.4. The van der Waals surface area contributed by atoms with Gasteiger partial charge in [-0.05, 0) is 116 Å². The number of hydrogen-bond donors (Lipinski definition) is 8. The van der Waals surface area contributed by atoms with Gasteiger partial charge in [0.1, 0.15) is 54.8 Å². The molecule has 141 heavy (non-hydrogen) atoms. The molecule has 12 aromatic rings. The van der Waals surface area contributed by atoms with Gasteiger partial charge in [0.25, 0.3) is 22.2 Å². The fourth-order valence-corrected chi connectivity index (χ4v) is 16.4. The van der Waals surface area contributed by atoms with Crippen LogP contribution < -0.4 is 45.2 Å². The van der Waals surface area contributed by atoms with Crippen molar-refractivity contribution in [1.29, 1.82) is 0 Å². The van der Waals surface area contributed by atoms with Gasteiger partial charge in [-0.2, -0.15) is 19.9 Å². The number of nitrogens with two attached hydrogens (primary N) is 4. The number of rotatable bonds is 48. The summed E-state index contributed by atoms with van der Waals surface area (Å²) in [7, 11) is -14.7. The van der Waals surface area contributed by atoms with Crippen LogP contribution in [0.4, 0.5) is 60.5 Å². The molecule has 0 radical (unpaired) electrons. The average molecular weight is 2070 g/mol. The molecule has 60 heteroatoms. The van der Waals surface area contributed by atoms with E-state index < -0.39 is 159 Å². The number of hydrogen-bond acceptors (Lipinski definition) is 44. The Labute approximate surface area is 795 Å². The molecule has 8 heterocycles. The van der Waals surface area contributed by atoms with E-state index in [0.29, 0.717) is 22.3 Å². The number of aromatic nitrogens is 16. The smallest absolute Gasteiger partial charge is 0.438 e. The predicted octanol–water partition coefficient (Wildman–Crippen LogP) is 11.0. The maximum Gasteiger partial charge on any atom is 0.510 e. The number of anilines is 4. The number of nitrogens with one attached hydrogen (secondary N) is 4. The van der Waals surface area contributed by atoms with Gasteiger partial charge >= 0.3 is 55.0 Å². The maximum absolute atomic E-state index is 13.5. The van der Waals surface area contributed by atoms with Crippen molar-refractivity contribution >= 4 is 123 Å². The molecule has 52 nitrogen and oxygen atoms in total. The van der Waals surface area contributed by atoms with Gasteiger partial charge in [0.15, 0.2) is 44.7 Å². The molecule has 0 aliphatic heterocycles. The summed E-state index contributed by atoms with van der Waals surface area (Å²) in [5.41, 5.74) is 23.5. The lowest BCUT2D eigenvalue weighted by atomic mass is 10.2. The minimum absolute atomic E-state index is 0.00671. The van der Waals surface area contributed by atoms with Crippen molar-refractivity contribution in [3.63, 3.8) is 0 Å². The van der Waals surface area contributed by atoms with Crippen LogP contribution in [0.15, 0.2) is 142 Å². The number of methoxy groups -OCH3 is 1. The number of halogens is 4. The number of fused-ring (bicyclic) bond motifs is 4. The molecule has 1 aliphatic carbocycles. The Morgan fingerprint density at radius 1 is 0.397 bits per heavy atom. The van der Waals surface area contributed by atoms with Crippen molar-refractivity contribution in [2.24, 2.45) is 5.92 Å². The molecule has 1 fully saturated rings. The Morgan fingerprint density at radius 2 is 0.674 bits per heavy atom. The molecule has 12 N–H and O–H groups in total. The van der Waals surface area contributed by atoms with Crippen LogP contribution in [-0.2, 0) is 164 Å². The number of carbonyl (C=O) groups is 4. The summed E-state index contributed by atoms with van der Waals surface area (Å²) in [6.45, 7) is 4.13. The first kappa shape index (κ1) is 110. The monoisotopic (exact) mass is 2060 g/mol. The van der Waals surface area contributed by atoms with Gasteiger partial charge in [-0.1, -0.05) is 62.4 Å². The third kappa shape index (κ3) is 36.4.